The fraction of sp³-hybridized carbons (Fsp3) is 0.333. The summed E-state index contributed by atoms with van der Waals surface area (Å²) in [7, 11) is 2.96. The van der Waals surface area contributed by atoms with E-state index >= 15 is 0 Å². The molecule has 29 heavy (non-hydrogen) atoms. The van der Waals surface area contributed by atoms with Crippen LogP contribution in [0.2, 0.25) is 0 Å². The van der Waals surface area contributed by atoms with Gasteiger partial charge in [-0.25, -0.2) is 0 Å². The molecular formula is C21H21NO7. The Balaban J connectivity index is 1.50. The zero-order chi connectivity index (χ0) is 20.4. The highest BCUT2D eigenvalue weighted by Gasteiger charge is 2.37. The van der Waals surface area contributed by atoms with Gasteiger partial charge in [-0.15, -0.1) is 0 Å². The van der Waals surface area contributed by atoms with Gasteiger partial charge in [-0.2, -0.15) is 0 Å². The largest absolute Gasteiger partial charge is 0.493 e. The zero-order valence-corrected chi connectivity index (χ0v) is 16.2. The molecule has 0 aliphatic carbocycles. The van der Waals surface area contributed by atoms with Gasteiger partial charge in [-0.3, -0.25) is 9.59 Å². The molecule has 0 N–H and O–H groups in total. The number of fused-ring (bicyclic) bond motifs is 1. The third-order valence-corrected chi connectivity index (χ3v) is 4.88. The summed E-state index contributed by atoms with van der Waals surface area (Å²) in [6.45, 7) is 1.17. The van der Waals surface area contributed by atoms with Crippen LogP contribution in [0, 0.1) is 5.92 Å². The van der Waals surface area contributed by atoms with Gasteiger partial charge in [0.15, 0.2) is 23.0 Å². The summed E-state index contributed by atoms with van der Waals surface area (Å²) >= 11 is 0. The van der Waals surface area contributed by atoms with Crippen LogP contribution in [0.25, 0.3) is 0 Å². The fourth-order valence-corrected chi connectivity index (χ4v) is 3.42. The van der Waals surface area contributed by atoms with E-state index in [0.29, 0.717) is 41.9 Å². The molecule has 1 atom stereocenters. The Bertz CT molecular complexity index is 920. The van der Waals surface area contributed by atoms with E-state index in [2.05, 4.69) is 0 Å². The van der Waals surface area contributed by atoms with E-state index in [-0.39, 0.29) is 24.6 Å². The minimum atomic E-state index is -0.606. The molecule has 2 aliphatic rings. The van der Waals surface area contributed by atoms with Crippen molar-refractivity contribution in [2.75, 3.05) is 38.9 Å². The molecule has 2 heterocycles. The number of nitrogens with zero attached hydrogens (tertiary/aromatic N) is 1. The number of benzene rings is 2. The molecule has 8 heteroatoms. The second kappa shape index (κ2) is 7.90. The summed E-state index contributed by atoms with van der Waals surface area (Å²) in [4.78, 5) is 26.9. The SMILES string of the molecule is COc1cccc(OC)c1OC(=O)[C@@H]1CC(=O)N(c2ccc3c(c2)OCCO3)C1. The Labute approximate surface area is 167 Å². The standard InChI is InChI=1S/C21H21NO7/c1-25-16-4-3-5-17(26-2)20(16)29-21(24)13-10-19(23)22(12-13)14-6-7-15-18(11-14)28-9-8-27-15/h3-7,11,13H,8-10,12H2,1-2H3/t13-/m1/s1. The first-order valence-corrected chi connectivity index (χ1v) is 9.23. The van der Waals surface area contributed by atoms with E-state index in [0.717, 1.165) is 0 Å². The van der Waals surface area contributed by atoms with Crippen molar-refractivity contribution in [1.29, 1.82) is 0 Å². The van der Waals surface area contributed by atoms with Crippen LogP contribution in [-0.4, -0.2) is 45.9 Å². The molecule has 2 aromatic rings. The maximum absolute atomic E-state index is 12.7. The second-order valence-corrected chi connectivity index (χ2v) is 6.65. The molecule has 152 valence electrons. The van der Waals surface area contributed by atoms with Gasteiger partial charge in [0.25, 0.3) is 0 Å². The van der Waals surface area contributed by atoms with Crippen molar-refractivity contribution < 1.29 is 33.3 Å². The first-order chi connectivity index (χ1) is 14.1. The number of amides is 1. The first-order valence-electron chi connectivity index (χ1n) is 9.23. The van der Waals surface area contributed by atoms with Gasteiger partial charge in [-0.05, 0) is 24.3 Å². The van der Waals surface area contributed by atoms with Crippen LogP contribution < -0.4 is 28.6 Å². The molecule has 1 fully saturated rings. The summed E-state index contributed by atoms with van der Waals surface area (Å²) in [5, 5.41) is 0. The van der Waals surface area contributed by atoms with Gasteiger partial charge in [0, 0.05) is 24.7 Å². The molecule has 1 amide bonds. The Morgan fingerprint density at radius 1 is 1.03 bits per heavy atom. The number of hydrogen-bond acceptors (Lipinski definition) is 7. The number of para-hydroxylation sites is 1. The van der Waals surface area contributed by atoms with Gasteiger partial charge in [0.1, 0.15) is 13.2 Å². The molecule has 2 aliphatic heterocycles. The van der Waals surface area contributed by atoms with Crippen molar-refractivity contribution >= 4 is 17.6 Å². The van der Waals surface area contributed by atoms with Gasteiger partial charge in [-0.1, -0.05) is 6.07 Å². The van der Waals surface area contributed by atoms with E-state index in [4.69, 9.17) is 23.7 Å². The van der Waals surface area contributed by atoms with Gasteiger partial charge in [0.05, 0.1) is 20.1 Å². The van der Waals surface area contributed by atoms with Crippen LogP contribution in [-0.2, 0) is 9.59 Å². The number of anilines is 1. The van der Waals surface area contributed by atoms with Gasteiger partial charge in [0.2, 0.25) is 11.7 Å². The van der Waals surface area contributed by atoms with E-state index in [1.165, 1.54) is 14.2 Å². The van der Waals surface area contributed by atoms with E-state index in [9.17, 15) is 9.59 Å². The molecule has 2 aromatic carbocycles. The van der Waals surface area contributed by atoms with Crippen LogP contribution in [0.4, 0.5) is 5.69 Å². The van der Waals surface area contributed by atoms with Crippen molar-refractivity contribution in [3.05, 3.63) is 36.4 Å². The molecule has 0 unspecified atom stereocenters. The Kier molecular flexibility index (Phi) is 5.16. The van der Waals surface area contributed by atoms with Crippen molar-refractivity contribution in [3.8, 4) is 28.7 Å². The van der Waals surface area contributed by atoms with Crippen molar-refractivity contribution in [3.63, 3.8) is 0 Å². The lowest BCUT2D eigenvalue weighted by Crippen LogP contribution is -2.27. The van der Waals surface area contributed by atoms with E-state index in [1.54, 1.807) is 41.3 Å². The number of methoxy groups -OCH3 is 2. The maximum atomic E-state index is 12.7. The lowest BCUT2D eigenvalue weighted by molar-refractivity contribution is -0.139. The predicted octanol–water partition coefficient (Wildman–Crippen LogP) is 2.43. The monoisotopic (exact) mass is 399 g/mol. The fourth-order valence-electron chi connectivity index (χ4n) is 3.42. The number of carbonyl (C=O) groups is 2. The molecule has 4 rings (SSSR count). The summed E-state index contributed by atoms with van der Waals surface area (Å²) in [6, 6.07) is 10.4. The van der Waals surface area contributed by atoms with E-state index < -0.39 is 11.9 Å². The maximum Gasteiger partial charge on any atom is 0.316 e. The van der Waals surface area contributed by atoms with Crippen LogP contribution in [0.5, 0.6) is 28.7 Å². The van der Waals surface area contributed by atoms with Crippen molar-refractivity contribution in [1.82, 2.24) is 0 Å². The highest BCUT2D eigenvalue weighted by molar-refractivity contribution is 6.00. The summed E-state index contributed by atoms with van der Waals surface area (Å²) in [5.74, 6) is 0.920. The molecule has 0 aromatic heterocycles. The Morgan fingerprint density at radius 3 is 2.41 bits per heavy atom. The highest BCUT2D eigenvalue weighted by Crippen LogP contribution is 2.39. The van der Waals surface area contributed by atoms with Crippen LogP contribution in [0.1, 0.15) is 6.42 Å². The van der Waals surface area contributed by atoms with Gasteiger partial charge < -0.3 is 28.6 Å². The predicted molar refractivity (Wildman–Crippen MR) is 103 cm³/mol. The highest BCUT2D eigenvalue weighted by atomic mass is 16.6. The summed E-state index contributed by atoms with van der Waals surface area (Å²) in [5.41, 5.74) is 0.657. The quantitative estimate of drug-likeness (QED) is 0.564. The topological polar surface area (TPSA) is 83.5 Å². The van der Waals surface area contributed by atoms with Crippen LogP contribution in [0.15, 0.2) is 36.4 Å². The summed E-state index contributed by atoms with van der Waals surface area (Å²) < 4.78 is 27.2. The smallest absolute Gasteiger partial charge is 0.316 e. The number of esters is 1. The minimum Gasteiger partial charge on any atom is -0.493 e. The average molecular weight is 399 g/mol. The minimum absolute atomic E-state index is 0.0603. The molecule has 0 spiro atoms. The zero-order valence-electron chi connectivity index (χ0n) is 16.2. The summed E-state index contributed by atoms with van der Waals surface area (Å²) in [6.07, 6.45) is 0.0603. The normalized spacial score (nSPS) is 17.8. The molecule has 1 saturated heterocycles. The molecule has 0 saturated carbocycles. The first kappa shape index (κ1) is 18.9. The average Bonchev–Trinajstić information content (AvgIpc) is 3.15. The second-order valence-electron chi connectivity index (χ2n) is 6.65. The molecule has 8 nitrogen and oxygen atoms in total. The van der Waals surface area contributed by atoms with Crippen molar-refractivity contribution in [2.45, 2.75) is 6.42 Å². The lowest BCUT2D eigenvalue weighted by atomic mass is 10.1. The number of rotatable bonds is 5. The molecule has 0 bridgehead atoms. The Morgan fingerprint density at radius 2 is 1.72 bits per heavy atom. The third-order valence-electron chi connectivity index (χ3n) is 4.88. The third kappa shape index (κ3) is 3.65. The molecule has 0 radical (unpaired) electrons. The van der Waals surface area contributed by atoms with Crippen LogP contribution in [0.3, 0.4) is 0 Å². The van der Waals surface area contributed by atoms with E-state index in [1.807, 2.05) is 0 Å². The van der Waals surface area contributed by atoms with Crippen molar-refractivity contribution in [2.24, 2.45) is 5.92 Å². The number of carbonyl (C=O) groups excluding carboxylic acids is 2. The molecular weight excluding hydrogens is 378 g/mol. The number of hydrogen-bond donors (Lipinski definition) is 0. The van der Waals surface area contributed by atoms with Crippen LogP contribution >= 0.6 is 0 Å². The van der Waals surface area contributed by atoms with Gasteiger partial charge >= 0.3 is 5.97 Å². The Hall–Kier alpha value is -3.42. The number of ether oxygens (including phenoxy) is 5. The lowest BCUT2D eigenvalue weighted by Gasteiger charge is -2.22.